The van der Waals surface area contributed by atoms with Gasteiger partial charge >= 0.3 is 0 Å². The Balaban J connectivity index is 1.38. The number of epoxide rings is 1. The van der Waals surface area contributed by atoms with E-state index in [2.05, 4.69) is 34.6 Å². The maximum Gasteiger partial charge on any atom is 0.162 e. The maximum atomic E-state index is 14.4. The van der Waals surface area contributed by atoms with Crippen molar-refractivity contribution in [3.63, 3.8) is 0 Å². The van der Waals surface area contributed by atoms with Gasteiger partial charge in [-0.2, -0.15) is 0 Å². The van der Waals surface area contributed by atoms with Gasteiger partial charge in [-0.05, 0) is 110 Å². The summed E-state index contributed by atoms with van der Waals surface area (Å²) in [5, 5.41) is 56.5. The molecule has 1 aromatic rings. The second-order valence-corrected chi connectivity index (χ2v) is 15.7. The summed E-state index contributed by atoms with van der Waals surface area (Å²) in [5.74, 6) is 0.446. The Morgan fingerprint density at radius 1 is 1.00 bits per heavy atom. The molecule has 0 amide bonds. The summed E-state index contributed by atoms with van der Waals surface area (Å²) < 4.78 is 6.12. The summed E-state index contributed by atoms with van der Waals surface area (Å²) in [6, 6.07) is 6.86. The Bertz CT molecular complexity index is 1270. The van der Waals surface area contributed by atoms with Gasteiger partial charge in [-0.1, -0.05) is 46.8 Å². The van der Waals surface area contributed by atoms with Crippen LogP contribution in [0.1, 0.15) is 85.6 Å². The summed E-state index contributed by atoms with van der Waals surface area (Å²) in [6.45, 7) is 12.5. The highest BCUT2D eigenvalue weighted by atomic mass is 16.6. The number of rotatable bonds is 6. The number of aliphatic hydroxyl groups is 4. The molecule has 7 nitrogen and oxygen atoms in total. The number of ketones is 1. The minimum atomic E-state index is -1.26. The molecule has 0 bridgehead atoms. The van der Waals surface area contributed by atoms with Crippen LogP contribution < -0.4 is 0 Å². The third-order valence-electron chi connectivity index (χ3n) is 13.4. The number of carbonyl (C=O) groups excluding carboxylic acids is 1. The number of aromatic hydroxyl groups is 1. The normalized spacial score (nSPS) is 46.7. The van der Waals surface area contributed by atoms with Gasteiger partial charge in [0.25, 0.3) is 0 Å². The second kappa shape index (κ2) is 9.61. The fourth-order valence-corrected chi connectivity index (χ4v) is 10.3. The average Bonchev–Trinajstić information content (AvgIpc) is 3.67. The highest BCUT2D eigenvalue weighted by molar-refractivity contribution is 5.98. The van der Waals surface area contributed by atoms with Crippen LogP contribution in [0.3, 0.4) is 0 Å². The molecule has 0 unspecified atom stereocenters. The van der Waals surface area contributed by atoms with Crippen LogP contribution in [-0.4, -0.2) is 66.9 Å². The lowest BCUT2D eigenvalue weighted by atomic mass is 9.40. The molecule has 42 heavy (non-hydrogen) atoms. The lowest BCUT2D eigenvalue weighted by Gasteiger charge is -2.64. The van der Waals surface area contributed by atoms with Crippen molar-refractivity contribution in [3.05, 3.63) is 41.5 Å². The van der Waals surface area contributed by atoms with Gasteiger partial charge in [0.2, 0.25) is 0 Å². The number of ether oxygens (including phenoxy) is 1. The third-order valence-corrected chi connectivity index (χ3v) is 13.4. The molecule has 4 fully saturated rings. The molecular weight excluding hydrogens is 532 g/mol. The monoisotopic (exact) mass is 582 g/mol. The van der Waals surface area contributed by atoms with Gasteiger partial charge in [0.1, 0.15) is 11.9 Å². The smallest absolute Gasteiger partial charge is 0.162 e. The fraction of sp³-hybridized carbons (Fsp3) is 0.743. The van der Waals surface area contributed by atoms with Crippen molar-refractivity contribution in [1.29, 1.82) is 0 Å². The van der Waals surface area contributed by atoms with Crippen molar-refractivity contribution >= 4 is 5.78 Å². The van der Waals surface area contributed by atoms with E-state index in [0.29, 0.717) is 37.5 Å². The molecule has 5 aliphatic rings. The van der Waals surface area contributed by atoms with E-state index >= 15 is 0 Å². The third kappa shape index (κ3) is 3.99. The first-order valence-electron chi connectivity index (χ1n) is 16.0. The van der Waals surface area contributed by atoms with Gasteiger partial charge in [0, 0.05) is 10.8 Å². The molecule has 12 atom stereocenters. The Morgan fingerprint density at radius 3 is 2.29 bits per heavy atom. The topological polar surface area (TPSA) is 131 Å². The fourth-order valence-electron chi connectivity index (χ4n) is 10.3. The van der Waals surface area contributed by atoms with E-state index < -0.39 is 39.7 Å². The zero-order valence-electron chi connectivity index (χ0n) is 26.0. The molecule has 0 aromatic heterocycles. The molecule has 0 radical (unpaired) electrons. The number of carbonyl (C=O) groups is 1. The van der Waals surface area contributed by atoms with Crippen LogP contribution in [0, 0.1) is 39.9 Å². The SMILES string of the molecule is CC(C)[C@@H](C)[C@H]1O[C@H]1[C@](C)(O)[C@@H]1CC[C@]2(O)C3=CC(=O)[C@@]4(Cc5ccc(O)cc5)C[C@@H](O)[C@@H](O)C[C@]4(C)[C@@H]3CC[C@]12C. The average molecular weight is 583 g/mol. The van der Waals surface area contributed by atoms with Crippen molar-refractivity contribution in [2.75, 3.05) is 0 Å². The van der Waals surface area contributed by atoms with Gasteiger partial charge in [-0.3, -0.25) is 4.79 Å². The zero-order valence-corrected chi connectivity index (χ0v) is 26.0. The predicted octanol–water partition coefficient (Wildman–Crippen LogP) is 4.32. The number of phenolic OH excluding ortho intramolecular Hbond substituents is 1. The quantitative estimate of drug-likeness (QED) is 0.316. The van der Waals surface area contributed by atoms with Crippen molar-refractivity contribution in [2.45, 2.75) is 122 Å². The molecule has 5 N–H and O–H groups in total. The standard InChI is InChI=1S/C35H50O7/c1-19(2)20(3)29-30(42-29)33(6,40)27-12-14-35(41)24-15-28(39)34(16-21-7-9-22(36)10-8-21)18-26(38)25(37)17-32(34,5)23(24)11-13-31(27,35)4/h7-10,15,19-20,23,25-27,29-30,36-38,40-41H,11-14,16-18H2,1-6H3/t20-,23-,25+,26-,27-,29-,30-,31-,32-,33-,34-,35+/m1/s1. The number of benzene rings is 1. The maximum absolute atomic E-state index is 14.4. The van der Waals surface area contributed by atoms with E-state index in [1.807, 2.05) is 19.1 Å². The lowest BCUT2D eigenvalue weighted by molar-refractivity contribution is -0.184. The van der Waals surface area contributed by atoms with Crippen molar-refractivity contribution in [2.24, 2.45) is 39.9 Å². The summed E-state index contributed by atoms with van der Waals surface area (Å²) in [6.07, 6.45) is 2.73. The summed E-state index contributed by atoms with van der Waals surface area (Å²) in [7, 11) is 0. The number of hydrogen-bond donors (Lipinski definition) is 5. The summed E-state index contributed by atoms with van der Waals surface area (Å²) in [4.78, 5) is 14.4. The first-order chi connectivity index (χ1) is 19.5. The van der Waals surface area contributed by atoms with Crippen molar-refractivity contribution in [3.8, 4) is 5.75 Å². The lowest BCUT2D eigenvalue weighted by Crippen LogP contribution is -2.66. The molecule has 1 heterocycles. The van der Waals surface area contributed by atoms with Gasteiger partial charge in [-0.25, -0.2) is 0 Å². The van der Waals surface area contributed by atoms with E-state index in [4.69, 9.17) is 4.74 Å². The molecular formula is C35H50O7. The number of fused-ring (bicyclic) bond motifs is 5. The van der Waals surface area contributed by atoms with Crippen molar-refractivity contribution < 1.29 is 35.1 Å². The first-order valence-corrected chi connectivity index (χ1v) is 16.0. The first kappa shape index (κ1) is 30.3. The summed E-state index contributed by atoms with van der Waals surface area (Å²) >= 11 is 0. The molecule has 7 heteroatoms. The van der Waals surface area contributed by atoms with E-state index in [1.165, 1.54) is 0 Å². The minimum Gasteiger partial charge on any atom is -0.508 e. The highest BCUT2D eigenvalue weighted by Gasteiger charge is 2.73. The molecule has 232 valence electrons. The van der Waals surface area contributed by atoms with Crippen LogP contribution in [0.5, 0.6) is 5.75 Å². The predicted molar refractivity (Wildman–Crippen MR) is 158 cm³/mol. The molecule has 3 saturated carbocycles. The molecule has 0 spiro atoms. The largest absolute Gasteiger partial charge is 0.508 e. The Labute approximate surface area is 250 Å². The van der Waals surface area contributed by atoms with E-state index in [0.717, 1.165) is 17.6 Å². The van der Waals surface area contributed by atoms with Crippen LogP contribution >= 0.6 is 0 Å². The Hall–Kier alpha value is -1.77. The molecule has 4 aliphatic carbocycles. The number of hydrogen-bond acceptors (Lipinski definition) is 7. The highest BCUT2D eigenvalue weighted by Crippen LogP contribution is 2.71. The molecule has 1 aromatic carbocycles. The molecule has 6 rings (SSSR count). The van der Waals surface area contributed by atoms with Crippen LogP contribution in [0.25, 0.3) is 0 Å². The van der Waals surface area contributed by atoms with E-state index in [9.17, 15) is 30.3 Å². The van der Waals surface area contributed by atoms with Gasteiger partial charge in [0.15, 0.2) is 5.78 Å². The molecule has 1 saturated heterocycles. The van der Waals surface area contributed by atoms with Crippen LogP contribution in [0.4, 0.5) is 0 Å². The van der Waals surface area contributed by atoms with Crippen LogP contribution in [0.2, 0.25) is 0 Å². The second-order valence-electron chi connectivity index (χ2n) is 15.7. The Morgan fingerprint density at radius 2 is 1.64 bits per heavy atom. The summed E-state index contributed by atoms with van der Waals surface area (Å²) in [5.41, 5.74) is -3.03. The molecule has 1 aliphatic heterocycles. The number of allylic oxidation sites excluding steroid dienone is 1. The number of phenols is 1. The van der Waals surface area contributed by atoms with Gasteiger partial charge < -0.3 is 30.3 Å². The van der Waals surface area contributed by atoms with Crippen molar-refractivity contribution in [1.82, 2.24) is 0 Å². The van der Waals surface area contributed by atoms with Gasteiger partial charge in [0.05, 0.1) is 29.5 Å². The van der Waals surface area contributed by atoms with Crippen LogP contribution in [-0.2, 0) is 16.0 Å². The zero-order chi connectivity index (χ0) is 30.6. The van der Waals surface area contributed by atoms with E-state index in [-0.39, 0.29) is 48.4 Å². The minimum absolute atomic E-state index is 0.00122. The number of aliphatic hydroxyl groups excluding tert-OH is 2. The van der Waals surface area contributed by atoms with Crippen LogP contribution in [0.15, 0.2) is 35.9 Å². The van der Waals surface area contributed by atoms with E-state index in [1.54, 1.807) is 18.2 Å². The Kier molecular flexibility index (Phi) is 6.93. The van der Waals surface area contributed by atoms with Gasteiger partial charge in [-0.15, -0.1) is 0 Å².